The highest BCUT2D eigenvalue weighted by Gasteiger charge is 2.13. The van der Waals surface area contributed by atoms with E-state index in [1.807, 2.05) is 66.9 Å². The molecule has 0 unspecified atom stereocenters. The van der Waals surface area contributed by atoms with Crippen molar-refractivity contribution in [1.29, 1.82) is 0 Å². The summed E-state index contributed by atoms with van der Waals surface area (Å²) >= 11 is 1.50. The summed E-state index contributed by atoms with van der Waals surface area (Å²) in [7, 11) is 0. The molecule has 0 amide bonds. The Morgan fingerprint density at radius 3 is 2.35 bits per heavy atom. The lowest BCUT2D eigenvalue weighted by molar-refractivity contribution is 0.774. The molecule has 0 atom stereocenters. The summed E-state index contributed by atoms with van der Waals surface area (Å²) in [4.78, 5) is 0. The predicted molar refractivity (Wildman–Crippen MR) is 104 cm³/mol. The fourth-order valence-corrected chi connectivity index (χ4v) is 3.04. The Balaban J connectivity index is 1.73. The van der Waals surface area contributed by atoms with Gasteiger partial charge in [0, 0.05) is 16.7 Å². The van der Waals surface area contributed by atoms with Crippen LogP contribution >= 0.6 is 11.8 Å². The van der Waals surface area contributed by atoms with E-state index >= 15 is 0 Å². The van der Waals surface area contributed by atoms with Gasteiger partial charge in [0.05, 0.1) is 18.1 Å². The third-order valence-electron chi connectivity index (χ3n) is 3.87. The van der Waals surface area contributed by atoms with Crippen LogP contribution in [0.15, 0.2) is 77.1 Å². The van der Waals surface area contributed by atoms with Gasteiger partial charge in [-0.1, -0.05) is 72.4 Å². The quantitative estimate of drug-likeness (QED) is 0.432. The number of hydrogen-bond donors (Lipinski definition) is 1. The third kappa shape index (κ3) is 3.16. The fraction of sp³-hybridized carbons (Fsp3) is 0.0526. The van der Waals surface area contributed by atoms with Crippen LogP contribution in [-0.2, 0) is 0 Å². The van der Waals surface area contributed by atoms with Gasteiger partial charge in [0.1, 0.15) is 0 Å². The summed E-state index contributed by atoms with van der Waals surface area (Å²) in [6.45, 7) is 0. The number of hydrogen-bond acceptors (Lipinski definition) is 5. The Morgan fingerprint density at radius 1 is 0.962 bits per heavy atom. The van der Waals surface area contributed by atoms with Crippen molar-refractivity contribution in [3.8, 4) is 22.6 Å². The summed E-state index contributed by atoms with van der Waals surface area (Å²) in [6, 6.07) is 20.0. The van der Waals surface area contributed by atoms with Gasteiger partial charge in [0.2, 0.25) is 5.16 Å². The maximum atomic E-state index is 4.63. The summed E-state index contributed by atoms with van der Waals surface area (Å²) < 4.78 is 1.75. The van der Waals surface area contributed by atoms with E-state index in [4.69, 9.17) is 0 Å². The molecule has 0 radical (unpaired) electrons. The van der Waals surface area contributed by atoms with Crippen LogP contribution in [0.25, 0.3) is 22.6 Å². The number of benzene rings is 2. The minimum Gasteiger partial charge on any atom is -0.277 e. The molecular weight excluding hydrogens is 344 g/mol. The number of H-pyrrole nitrogens is 1. The zero-order valence-electron chi connectivity index (χ0n) is 14.1. The maximum Gasteiger partial charge on any atom is 0.212 e. The molecule has 4 aromatic rings. The Morgan fingerprint density at radius 2 is 1.65 bits per heavy atom. The molecule has 0 spiro atoms. The van der Waals surface area contributed by atoms with Crippen LogP contribution in [-0.4, -0.2) is 37.5 Å². The second-order valence-electron chi connectivity index (χ2n) is 5.50. The molecular formula is C19H16N6S. The molecule has 0 aliphatic carbocycles. The summed E-state index contributed by atoms with van der Waals surface area (Å²) in [5.74, 6) is 0.705. The van der Waals surface area contributed by atoms with Gasteiger partial charge in [0.25, 0.3) is 0 Å². The van der Waals surface area contributed by atoms with Crippen LogP contribution in [0.2, 0.25) is 0 Å². The molecule has 1 N–H and O–H groups in total. The van der Waals surface area contributed by atoms with Crippen LogP contribution in [0.5, 0.6) is 0 Å². The highest BCUT2D eigenvalue weighted by Crippen LogP contribution is 2.23. The Labute approximate surface area is 155 Å². The predicted octanol–water partition coefficient (Wildman–Crippen LogP) is 3.94. The molecule has 26 heavy (non-hydrogen) atoms. The van der Waals surface area contributed by atoms with E-state index in [-0.39, 0.29) is 0 Å². The second-order valence-corrected chi connectivity index (χ2v) is 6.27. The van der Waals surface area contributed by atoms with Crippen molar-refractivity contribution in [1.82, 2.24) is 25.1 Å². The van der Waals surface area contributed by atoms with Crippen molar-refractivity contribution in [3.05, 3.63) is 72.4 Å². The highest BCUT2D eigenvalue weighted by atomic mass is 32.2. The minimum absolute atomic E-state index is 0.705. The maximum absolute atomic E-state index is 4.63. The van der Waals surface area contributed by atoms with Crippen molar-refractivity contribution in [2.45, 2.75) is 5.16 Å². The van der Waals surface area contributed by atoms with Gasteiger partial charge in [0.15, 0.2) is 5.82 Å². The lowest BCUT2D eigenvalue weighted by Crippen LogP contribution is -1.96. The van der Waals surface area contributed by atoms with E-state index in [0.717, 1.165) is 27.5 Å². The second kappa shape index (κ2) is 7.37. The Kier molecular flexibility index (Phi) is 4.61. The van der Waals surface area contributed by atoms with Crippen molar-refractivity contribution in [3.63, 3.8) is 0 Å². The molecule has 2 aromatic carbocycles. The van der Waals surface area contributed by atoms with Crippen LogP contribution in [0.3, 0.4) is 0 Å². The topological polar surface area (TPSA) is 71.8 Å². The lowest BCUT2D eigenvalue weighted by Gasteiger charge is -2.03. The van der Waals surface area contributed by atoms with Crippen molar-refractivity contribution in [2.24, 2.45) is 5.10 Å². The average molecular weight is 360 g/mol. The normalized spacial score (nSPS) is 11.3. The Bertz CT molecular complexity index is 1020. The van der Waals surface area contributed by atoms with E-state index in [9.17, 15) is 0 Å². The molecule has 0 fully saturated rings. The average Bonchev–Trinajstić information content (AvgIpc) is 3.34. The van der Waals surface area contributed by atoms with Crippen LogP contribution in [0.4, 0.5) is 0 Å². The molecule has 4 rings (SSSR count). The van der Waals surface area contributed by atoms with Crippen LogP contribution < -0.4 is 0 Å². The van der Waals surface area contributed by atoms with Gasteiger partial charge in [-0.3, -0.25) is 5.10 Å². The van der Waals surface area contributed by atoms with Crippen molar-refractivity contribution < 1.29 is 0 Å². The number of nitrogens with zero attached hydrogens (tertiary/aromatic N) is 5. The van der Waals surface area contributed by atoms with Crippen molar-refractivity contribution >= 4 is 18.0 Å². The van der Waals surface area contributed by atoms with E-state index in [1.54, 1.807) is 17.1 Å². The van der Waals surface area contributed by atoms with Crippen LogP contribution in [0.1, 0.15) is 5.56 Å². The van der Waals surface area contributed by atoms with Gasteiger partial charge in [-0.15, -0.1) is 10.2 Å². The van der Waals surface area contributed by atoms with E-state index in [2.05, 4.69) is 25.5 Å². The summed E-state index contributed by atoms with van der Waals surface area (Å²) in [5.41, 5.74) is 3.85. The van der Waals surface area contributed by atoms with Gasteiger partial charge < -0.3 is 0 Å². The van der Waals surface area contributed by atoms with E-state index in [0.29, 0.717) is 5.82 Å². The number of nitrogens with one attached hydrogen (secondary N) is 1. The largest absolute Gasteiger partial charge is 0.277 e. The summed E-state index contributed by atoms with van der Waals surface area (Å²) in [5, 5.41) is 21.1. The first-order valence-corrected chi connectivity index (χ1v) is 9.27. The molecule has 6 nitrogen and oxygen atoms in total. The minimum atomic E-state index is 0.705. The molecule has 7 heteroatoms. The number of thioether (sulfide) groups is 1. The number of rotatable bonds is 5. The van der Waals surface area contributed by atoms with Crippen molar-refractivity contribution in [2.75, 3.05) is 6.26 Å². The molecule has 2 aromatic heterocycles. The fourth-order valence-electron chi connectivity index (χ4n) is 2.61. The molecule has 0 bridgehead atoms. The highest BCUT2D eigenvalue weighted by molar-refractivity contribution is 7.98. The summed E-state index contributed by atoms with van der Waals surface area (Å²) in [6.07, 6.45) is 5.50. The molecule has 2 heterocycles. The SMILES string of the molecule is CSc1nnc(-c2ccccc2)n1/N=C/c1cn[nH]c1-c1ccccc1. The number of aromatic amines is 1. The number of aromatic nitrogens is 5. The van der Waals surface area contributed by atoms with Gasteiger partial charge in [-0.25, -0.2) is 0 Å². The van der Waals surface area contributed by atoms with Gasteiger partial charge in [-0.05, 0) is 6.26 Å². The standard InChI is InChI=1S/C19H16N6S/c1-26-19-24-23-18(15-10-6-3-7-11-15)25(19)21-13-16-12-20-22-17(16)14-8-4-2-5-9-14/h2-13H,1H3,(H,20,22)/b21-13+. The van der Waals surface area contributed by atoms with Gasteiger partial charge in [-0.2, -0.15) is 14.9 Å². The first-order chi connectivity index (χ1) is 12.9. The Hall–Kier alpha value is -3.19. The van der Waals surface area contributed by atoms with Gasteiger partial charge >= 0.3 is 0 Å². The molecule has 0 aliphatic rings. The lowest BCUT2D eigenvalue weighted by atomic mass is 10.1. The van der Waals surface area contributed by atoms with Crippen LogP contribution in [0, 0.1) is 0 Å². The third-order valence-corrected chi connectivity index (χ3v) is 4.49. The molecule has 128 valence electrons. The zero-order chi connectivity index (χ0) is 17.8. The smallest absolute Gasteiger partial charge is 0.212 e. The monoisotopic (exact) mass is 360 g/mol. The van der Waals surface area contributed by atoms with E-state index < -0.39 is 0 Å². The first kappa shape index (κ1) is 16.3. The first-order valence-electron chi connectivity index (χ1n) is 8.05. The molecule has 0 saturated carbocycles. The zero-order valence-corrected chi connectivity index (χ0v) is 14.9. The molecule has 0 saturated heterocycles. The van der Waals surface area contributed by atoms with E-state index in [1.165, 1.54) is 11.8 Å². The molecule has 0 aliphatic heterocycles.